The van der Waals surface area contributed by atoms with Gasteiger partial charge in [0.05, 0.1) is 27.1 Å². The van der Waals surface area contributed by atoms with Gasteiger partial charge >= 0.3 is 0 Å². The fraction of sp³-hybridized carbons (Fsp3) is 0.280. The number of para-hydroxylation sites is 2. The maximum atomic E-state index is 13.2. The Hall–Kier alpha value is -2.94. The molecule has 3 heterocycles. The maximum Gasteiger partial charge on any atom is 0.262 e. The highest BCUT2D eigenvalue weighted by Crippen LogP contribution is 2.31. The van der Waals surface area contributed by atoms with Gasteiger partial charge in [-0.2, -0.15) is 0 Å². The molecule has 0 atom stereocenters. The highest BCUT2D eigenvalue weighted by molar-refractivity contribution is 7.98. The molecule has 0 saturated heterocycles. The van der Waals surface area contributed by atoms with Crippen LogP contribution in [0.25, 0.3) is 27.6 Å². The first-order valence-corrected chi connectivity index (χ1v) is 12.6. The van der Waals surface area contributed by atoms with Crippen molar-refractivity contribution < 1.29 is 4.74 Å². The van der Waals surface area contributed by atoms with Gasteiger partial charge < -0.3 is 4.74 Å². The molecular weight excluding hydrogens is 470 g/mol. The van der Waals surface area contributed by atoms with Crippen molar-refractivity contribution >= 4 is 50.9 Å². The molecule has 9 heteroatoms. The second kappa shape index (κ2) is 9.74. The molecule has 5 aromatic rings. The van der Waals surface area contributed by atoms with Crippen molar-refractivity contribution in [3.05, 3.63) is 75.2 Å². The molecule has 5 rings (SSSR count). The summed E-state index contributed by atoms with van der Waals surface area (Å²) >= 11 is 8.18. The number of aryl methyl sites for hydroxylation is 2. The lowest BCUT2D eigenvalue weighted by Gasteiger charge is -2.12. The van der Waals surface area contributed by atoms with Crippen LogP contribution in [0.15, 0.2) is 58.5 Å². The smallest absolute Gasteiger partial charge is 0.262 e. The SMILES string of the molecule is CCOCCCn1c(=O)c2ccccc2n2c(SCc3nc4ccccc4c(C)c3Cl)nnc12. The Morgan fingerprint density at radius 3 is 2.65 bits per heavy atom. The van der Waals surface area contributed by atoms with E-state index in [0.29, 0.717) is 53.3 Å². The van der Waals surface area contributed by atoms with Gasteiger partial charge in [0, 0.05) is 30.9 Å². The summed E-state index contributed by atoms with van der Waals surface area (Å²) in [5, 5.41) is 11.9. The van der Waals surface area contributed by atoms with E-state index < -0.39 is 0 Å². The molecule has 3 aromatic heterocycles. The first-order chi connectivity index (χ1) is 16.6. The molecule has 0 spiro atoms. The molecule has 0 bridgehead atoms. The van der Waals surface area contributed by atoms with Crippen LogP contribution in [0.5, 0.6) is 0 Å². The van der Waals surface area contributed by atoms with Crippen LogP contribution in [0.3, 0.4) is 0 Å². The first-order valence-electron chi connectivity index (χ1n) is 11.2. The molecule has 0 amide bonds. The highest BCUT2D eigenvalue weighted by Gasteiger charge is 2.18. The lowest BCUT2D eigenvalue weighted by Crippen LogP contribution is -2.24. The molecule has 0 N–H and O–H groups in total. The lowest BCUT2D eigenvalue weighted by atomic mass is 10.1. The molecule has 174 valence electrons. The summed E-state index contributed by atoms with van der Waals surface area (Å²) in [7, 11) is 0. The number of pyridine rings is 1. The number of hydrogen-bond donors (Lipinski definition) is 0. The van der Waals surface area contributed by atoms with Gasteiger partial charge in [-0.05, 0) is 44.0 Å². The molecule has 0 unspecified atom stereocenters. The fourth-order valence-corrected chi connectivity index (χ4v) is 5.32. The molecule has 7 nitrogen and oxygen atoms in total. The predicted molar refractivity (Wildman–Crippen MR) is 137 cm³/mol. The van der Waals surface area contributed by atoms with Gasteiger partial charge in [0.1, 0.15) is 0 Å². The number of halogens is 1. The number of benzene rings is 2. The Balaban J connectivity index is 1.55. The number of nitrogens with zero attached hydrogens (tertiary/aromatic N) is 5. The van der Waals surface area contributed by atoms with Crippen molar-refractivity contribution in [2.75, 3.05) is 13.2 Å². The normalized spacial score (nSPS) is 11.7. The fourth-order valence-electron chi connectivity index (χ4n) is 4.14. The molecule has 0 saturated carbocycles. The summed E-state index contributed by atoms with van der Waals surface area (Å²) in [6.45, 7) is 5.72. The topological polar surface area (TPSA) is 74.3 Å². The van der Waals surface area contributed by atoms with Crippen molar-refractivity contribution in [2.24, 2.45) is 0 Å². The van der Waals surface area contributed by atoms with E-state index in [1.807, 2.05) is 66.8 Å². The molecule has 0 fully saturated rings. The summed E-state index contributed by atoms with van der Waals surface area (Å²) < 4.78 is 9.09. The number of hydrogen-bond acceptors (Lipinski definition) is 6. The van der Waals surface area contributed by atoms with E-state index >= 15 is 0 Å². The maximum absolute atomic E-state index is 13.2. The minimum absolute atomic E-state index is 0.0709. The minimum Gasteiger partial charge on any atom is -0.382 e. The van der Waals surface area contributed by atoms with Gasteiger partial charge in [0.25, 0.3) is 5.56 Å². The van der Waals surface area contributed by atoms with Gasteiger partial charge in [-0.1, -0.05) is 53.7 Å². The van der Waals surface area contributed by atoms with Crippen molar-refractivity contribution in [3.8, 4) is 0 Å². The van der Waals surface area contributed by atoms with Crippen molar-refractivity contribution in [1.82, 2.24) is 24.1 Å². The third-order valence-electron chi connectivity index (χ3n) is 5.84. The second-order valence-corrected chi connectivity index (χ2v) is 9.27. The zero-order chi connectivity index (χ0) is 23.7. The average molecular weight is 494 g/mol. The monoisotopic (exact) mass is 493 g/mol. The van der Waals surface area contributed by atoms with Gasteiger partial charge in [0.15, 0.2) is 5.16 Å². The third-order valence-corrected chi connectivity index (χ3v) is 7.28. The Morgan fingerprint density at radius 1 is 1.06 bits per heavy atom. The minimum atomic E-state index is -0.0709. The number of ether oxygens (including phenoxy) is 1. The first kappa shape index (κ1) is 22.8. The zero-order valence-corrected chi connectivity index (χ0v) is 20.6. The van der Waals surface area contributed by atoms with E-state index in [4.69, 9.17) is 21.3 Å². The van der Waals surface area contributed by atoms with Crippen LogP contribution in [0.2, 0.25) is 5.02 Å². The van der Waals surface area contributed by atoms with E-state index in [2.05, 4.69) is 10.2 Å². The molecule has 0 aliphatic rings. The van der Waals surface area contributed by atoms with Gasteiger partial charge in [-0.3, -0.25) is 18.7 Å². The Labute approximate surface area is 205 Å². The van der Waals surface area contributed by atoms with Crippen LogP contribution in [-0.2, 0) is 17.0 Å². The van der Waals surface area contributed by atoms with Crippen molar-refractivity contribution in [2.45, 2.75) is 37.7 Å². The van der Waals surface area contributed by atoms with Crippen LogP contribution in [-0.4, -0.2) is 37.4 Å². The zero-order valence-electron chi connectivity index (χ0n) is 19.0. The summed E-state index contributed by atoms with van der Waals surface area (Å²) in [6.07, 6.45) is 0.715. The number of fused-ring (bicyclic) bond motifs is 4. The van der Waals surface area contributed by atoms with Crippen molar-refractivity contribution in [1.29, 1.82) is 0 Å². The van der Waals surface area contributed by atoms with E-state index in [-0.39, 0.29) is 5.56 Å². The third kappa shape index (κ3) is 4.06. The lowest BCUT2D eigenvalue weighted by molar-refractivity contribution is 0.141. The van der Waals surface area contributed by atoms with Crippen LogP contribution in [0, 0.1) is 6.92 Å². The van der Waals surface area contributed by atoms with Crippen LogP contribution >= 0.6 is 23.4 Å². The van der Waals surface area contributed by atoms with Gasteiger partial charge in [0.2, 0.25) is 5.78 Å². The number of aromatic nitrogens is 5. The summed E-state index contributed by atoms with van der Waals surface area (Å²) in [5.41, 5.74) is 3.44. The van der Waals surface area contributed by atoms with Crippen LogP contribution < -0.4 is 5.56 Å². The van der Waals surface area contributed by atoms with E-state index in [1.54, 1.807) is 4.57 Å². The molecule has 2 aromatic carbocycles. The standard InChI is InChI=1S/C25H24ClN5O2S/c1-3-33-14-8-13-30-23(32)18-10-5-7-12-21(18)31-24(30)28-29-25(31)34-15-20-22(26)16(2)17-9-4-6-11-19(17)27-20/h4-7,9-12H,3,8,13-15H2,1-2H3. The van der Waals surface area contributed by atoms with Gasteiger partial charge in [-0.25, -0.2) is 0 Å². The Kier molecular flexibility index (Phi) is 6.54. The van der Waals surface area contributed by atoms with Crippen molar-refractivity contribution in [3.63, 3.8) is 0 Å². The quantitative estimate of drug-likeness (QED) is 0.216. The Bertz CT molecular complexity index is 1560. The largest absolute Gasteiger partial charge is 0.382 e. The molecule has 0 aliphatic carbocycles. The second-order valence-electron chi connectivity index (χ2n) is 7.95. The van der Waals surface area contributed by atoms with Crippen LogP contribution in [0.1, 0.15) is 24.6 Å². The highest BCUT2D eigenvalue weighted by atomic mass is 35.5. The average Bonchev–Trinajstić information content (AvgIpc) is 3.29. The predicted octanol–water partition coefficient (Wildman–Crippen LogP) is 5.27. The van der Waals surface area contributed by atoms with Crippen LogP contribution in [0.4, 0.5) is 0 Å². The van der Waals surface area contributed by atoms with E-state index in [1.165, 1.54) is 11.8 Å². The summed E-state index contributed by atoms with van der Waals surface area (Å²) in [4.78, 5) is 18.0. The molecular formula is C25H24ClN5O2S. The van der Waals surface area contributed by atoms with E-state index in [0.717, 1.165) is 27.7 Å². The number of thioether (sulfide) groups is 1. The summed E-state index contributed by atoms with van der Waals surface area (Å²) in [6, 6.07) is 15.5. The molecule has 0 aliphatic heterocycles. The van der Waals surface area contributed by atoms with E-state index in [9.17, 15) is 4.79 Å². The molecule has 0 radical (unpaired) electrons. The number of rotatable bonds is 8. The Morgan fingerprint density at radius 2 is 1.82 bits per heavy atom. The van der Waals surface area contributed by atoms with Gasteiger partial charge in [-0.15, -0.1) is 10.2 Å². The summed E-state index contributed by atoms with van der Waals surface area (Å²) in [5.74, 6) is 1.06. The molecule has 34 heavy (non-hydrogen) atoms.